The molecule has 0 aromatic heterocycles. The van der Waals surface area contributed by atoms with Crippen LogP contribution in [0.25, 0.3) is 0 Å². The number of hydrogen-bond acceptors (Lipinski definition) is 3. The molecule has 0 bridgehead atoms. The topological polar surface area (TPSA) is 57.2 Å². The van der Waals surface area contributed by atoms with Crippen LogP contribution < -0.4 is 5.11 Å². The van der Waals surface area contributed by atoms with Crippen LogP contribution in [-0.2, 0) is 4.79 Å². The molecular formula is C9H9O3-. The summed E-state index contributed by atoms with van der Waals surface area (Å²) in [6, 6.07) is 9.10. The highest BCUT2D eigenvalue weighted by Gasteiger charge is 1.79. The first-order valence-corrected chi connectivity index (χ1v) is 3.34. The van der Waals surface area contributed by atoms with Crippen LogP contribution in [0.15, 0.2) is 30.3 Å². The van der Waals surface area contributed by atoms with Gasteiger partial charge in [0.25, 0.3) is 0 Å². The van der Waals surface area contributed by atoms with Crippen molar-refractivity contribution in [2.75, 3.05) is 0 Å². The molecule has 1 aromatic carbocycles. The SMILES string of the molecule is CC(=O)[O-].O=Cc1ccccc1. The molecule has 0 unspecified atom stereocenters. The molecule has 12 heavy (non-hydrogen) atoms. The van der Waals surface area contributed by atoms with E-state index in [0.717, 1.165) is 18.8 Å². The van der Waals surface area contributed by atoms with Crippen molar-refractivity contribution in [3.8, 4) is 0 Å². The zero-order valence-corrected chi connectivity index (χ0v) is 6.69. The van der Waals surface area contributed by atoms with E-state index in [1.807, 2.05) is 18.2 Å². The van der Waals surface area contributed by atoms with E-state index in [1.54, 1.807) is 12.1 Å². The lowest BCUT2D eigenvalue weighted by Crippen LogP contribution is -2.16. The molecule has 0 atom stereocenters. The van der Waals surface area contributed by atoms with E-state index in [0.29, 0.717) is 0 Å². The van der Waals surface area contributed by atoms with E-state index < -0.39 is 5.97 Å². The lowest BCUT2D eigenvalue weighted by molar-refractivity contribution is -0.302. The van der Waals surface area contributed by atoms with Crippen LogP contribution >= 0.6 is 0 Å². The summed E-state index contributed by atoms with van der Waals surface area (Å²) in [5, 5.41) is 8.89. The summed E-state index contributed by atoms with van der Waals surface area (Å²) in [7, 11) is 0. The van der Waals surface area contributed by atoms with Crippen LogP contribution in [0.5, 0.6) is 0 Å². The monoisotopic (exact) mass is 165 g/mol. The van der Waals surface area contributed by atoms with Gasteiger partial charge in [-0.2, -0.15) is 0 Å². The second-order valence-electron chi connectivity index (χ2n) is 2.02. The number of carboxylic acid groups (broad SMARTS) is 1. The van der Waals surface area contributed by atoms with E-state index in [1.165, 1.54) is 0 Å². The second-order valence-corrected chi connectivity index (χ2v) is 2.02. The Morgan fingerprint density at radius 3 is 2.00 bits per heavy atom. The fraction of sp³-hybridized carbons (Fsp3) is 0.111. The van der Waals surface area contributed by atoms with Crippen molar-refractivity contribution in [2.45, 2.75) is 6.92 Å². The van der Waals surface area contributed by atoms with E-state index >= 15 is 0 Å². The van der Waals surface area contributed by atoms with Crippen LogP contribution in [-0.4, -0.2) is 12.3 Å². The van der Waals surface area contributed by atoms with Gasteiger partial charge in [-0.05, 0) is 6.92 Å². The highest BCUT2D eigenvalue weighted by Crippen LogP contribution is 1.91. The molecule has 0 saturated carbocycles. The van der Waals surface area contributed by atoms with Crippen molar-refractivity contribution in [3.63, 3.8) is 0 Å². The summed E-state index contributed by atoms with van der Waals surface area (Å²) in [5.74, 6) is -1.08. The quantitative estimate of drug-likeness (QED) is 0.560. The predicted octanol–water partition coefficient (Wildman–Crippen LogP) is 0.255. The minimum absolute atomic E-state index is 0.729. The number of carbonyl (C=O) groups excluding carboxylic acids is 2. The maximum absolute atomic E-state index is 10.0. The maximum Gasteiger partial charge on any atom is 0.150 e. The standard InChI is InChI=1S/C7H6O.C2H4O2/c8-6-7-4-2-1-3-5-7;1-2(3)4/h1-6H;1H3,(H,3,4)/p-1. The highest BCUT2D eigenvalue weighted by atomic mass is 16.4. The van der Waals surface area contributed by atoms with Gasteiger partial charge in [-0.25, -0.2) is 0 Å². The van der Waals surface area contributed by atoms with Crippen LogP contribution in [0.4, 0.5) is 0 Å². The molecule has 1 rings (SSSR count). The van der Waals surface area contributed by atoms with E-state index in [9.17, 15) is 4.79 Å². The molecule has 3 heteroatoms. The normalized spacial score (nSPS) is 7.75. The molecule has 0 aliphatic carbocycles. The summed E-state index contributed by atoms with van der Waals surface area (Å²) in [6.07, 6.45) is 0.833. The molecule has 0 amide bonds. The minimum Gasteiger partial charge on any atom is -0.550 e. The lowest BCUT2D eigenvalue weighted by Gasteiger charge is -1.81. The Labute approximate surface area is 70.6 Å². The van der Waals surface area contributed by atoms with E-state index in [4.69, 9.17) is 9.90 Å². The Bertz CT molecular complexity index is 237. The minimum atomic E-state index is -1.08. The van der Waals surface area contributed by atoms with Crippen LogP contribution in [0.3, 0.4) is 0 Å². The van der Waals surface area contributed by atoms with Gasteiger partial charge in [0.15, 0.2) is 0 Å². The van der Waals surface area contributed by atoms with Gasteiger partial charge < -0.3 is 9.90 Å². The van der Waals surface area contributed by atoms with Crippen molar-refractivity contribution in [1.82, 2.24) is 0 Å². The molecule has 0 fully saturated rings. The van der Waals surface area contributed by atoms with Gasteiger partial charge in [-0.3, -0.25) is 4.79 Å². The molecule has 0 heterocycles. The number of aldehydes is 1. The van der Waals surface area contributed by atoms with Crippen molar-refractivity contribution in [2.24, 2.45) is 0 Å². The van der Waals surface area contributed by atoms with Gasteiger partial charge in [0.05, 0.1) is 0 Å². The molecule has 0 saturated heterocycles. The molecular weight excluding hydrogens is 156 g/mol. The third-order valence-corrected chi connectivity index (χ3v) is 0.936. The Morgan fingerprint density at radius 1 is 1.33 bits per heavy atom. The molecule has 64 valence electrons. The lowest BCUT2D eigenvalue weighted by atomic mass is 10.2. The summed E-state index contributed by atoms with van der Waals surface area (Å²) < 4.78 is 0. The molecule has 0 radical (unpaired) electrons. The van der Waals surface area contributed by atoms with Crippen LogP contribution in [0.2, 0.25) is 0 Å². The van der Waals surface area contributed by atoms with E-state index in [-0.39, 0.29) is 0 Å². The first-order chi connectivity index (χ1) is 5.66. The maximum atomic E-state index is 10.0. The van der Waals surface area contributed by atoms with Gasteiger partial charge >= 0.3 is 0 Å². The third kappa shape index (κ3) is 6.48. The predicted molar refractivity (Wildman–Crippen MR) is 42.5 cm³/mol. The van der Waals surface area contributed by atoms with Crippen LogP contribution in [0, 0.1) is 0 Å². The van der Waals surface area contributed by atoms with Gasteiger partial charge in [0.2, 0.25) is 0 Å². The fourth-order valence-corrected chi connectivity index (χ4v) is 0.532. The number of carboxylic acids is 1. The molecule has 0 aliphatic heterocycles. The average Bonchev–Trinajstić information content (AvgIpc) is 2.05. The smallest absolute Gasteiger partial charge is 0.150 e. The number of rotatable bonds is 1. The van der Waals surface area contributed by atoms with Gasteiger partial charge in [-0.15, -0.1) is 0 Å². The first-order valence-electron chi connectivity index (χ1n) is 3.34. The number of aliphatic carboxylic acids is 1. The summed E-state index contributed by atoms with van der Waals surface area (Å²) in [6.45, 7) is 0.972. The molecule has 0 spiro atoms. The Balaban J connectivity index is 0.000000261. The fourth-order valence-electron chi connectivity index (χ4n) is 0.532. The second kappa shape index (κ2) is 6.09. The highest BCUT2D eigenvalue weighted by molar-refractivity contribution is 5.74. The zero-order valence-electron chi connectivity index (χ0n) is 6.69. The number of benzene rings is 1. The molecule has 0 N–H and O–H groups in total. The Kier molecular flexibility index (Phi) is 5.26. The number of hydrogen-bond donors (Lipinski definition) is 0. The zero-order chi connectivity index (χ0) is 9.40. The molecule has 0 aliphatic rings. The van der Waals surface area contributed by atoms with Gasteiger partial charge in [0, 0.05) is 11.5 Å². The van der Waals surface area contributed by atoms with Crippen molar-refractivity contribution in [1.29, 1.82) is 0 Å². The third-order valence-electron chi connectivity index (χ3n) is 0.936. The van der Waals surface area contributed by atoms with Crippen molar-refractivity contribution < 1.29 is 14.7 Å². The largest absolute Gasteiger partial charge is 0.550 e. The Hall–Kier alpha value is -1.64. The first kappa shape index (κ1) is 10.4. The molecule has 3 nitrogen and oxygen atoms in total. The van der Waals surface area contributed by atoms with Gasteiger partial charge in [0.1, 0.15) is 6.29 Å². The van der Waals surface area contributed by atoms with Gasteiger partial charge in [-0.1, -0.05) is 30.3 Å². The summed E-state index contributed by atoms with van der Waals surface area (Å²) in [5.41, 5.74) is 0.729. The summed E-state index contributed by atoms with van der Waals surface area (Å²) in [4.78, 5) is 18.9. The van der Waals surface area contributed by atoms with E-state index in [2.05, 4.69) is 0 Å². The Morgan fingerprint density at radius 2 is 1.75 bits per heavy atom. The molecule has 1 aromatic rings. The number of carbonyl (C=O) groups is 2. The van der Waals surface area contributed by atoms with Crippen LogP contribution in [0.1, 0.15) is 17.3 Å². The summed E-state index contributed by atoms with van der Waals surface area (Å²) >= 11 is 0. The van der Waals surface area contributed by atoms with Crippen molar-refractivity contribution in [3.05, 3.63) is 35.9 Å². The van der Waals surface area contributed by atoms with Crippen molar-refractivity contribution >= 4 is 12.3 Å². The average molecular weight is 165 g/mol.